The van der Waals surface area contributed by atoms with Gasteiger partial charge in [0.2, 0.25) is 0 Å². The monoisotopic (exact) mass is 347 g/mol. The summed E-state index contributed by atoms with van der Waals surface area (Å²) >= 11 is 5.84. The quantitative estimate of drug-likeness (QED) is 0.343. The number of nitro benzene ring substituents is 1. The van der Waals surface area contributed by atoms with Crippen LogP contribution < -0.4 is 0 Å². The molecular formula is C17H14ClNO5. The minimum absolute atomic E-state index is 0.0311. The number of non-ortho nitro benzene ring substituents is 1. The van der Waals surface area contributed by atoms with Crippen LogP contribution in [-0.2, 0) is 11.2 Å². The summed E-state index contributed by atoms with van der Waals surface area (Å²) in [5, 5.41) is 10.5. The van der Waals surface area contributed by atoms with Crippen LogP contribution >= 0.6 is 11.6 Å². The number of carbonyl (C=O) groups is 2. The summed E-state index contributed by atoms with van der Waals surface area (Å²) in [5.74, 6) is -1.16. The van der Waals surface area contributed by atoms with Gasteiger partial charge in [0.1, 0.15) is 0 Å². The number of rotatable bonds is 6. The van der Waals surface area contributed by atoms with Gasteiger partial charge in [-0.15, -0.1) is 0 Å². The molecule has 0 aliphatic carbocycles. The van der Waals surface area contributed by atoms with Crippen LogP contribution in [0, 0.1) is 10.1 Å². The number of carbonyl (C=O) groups excluding carboxylic acids is 2. The second-order valence-corrected chi connectivity index (χ2v) is 5.38. The third-order valence-electron chi connectivity index (χ3n) is 3.40. The van der Waals surface area contributed by atoms with E-state index < -0.39 is 17.5 Å². The molecule has 0 aliphatic rings. The fourth-order valence-electron chi connectivity index (χ4n) is 2.00. The summed E-state index contributed by atoms with van der Waals surface area (Å²) in [7, 11) is 0. The Morgan fingerprint density at radius 2 is 1.83 bits per heavy atom. The summed E-state index contributed by atoms with van der Waals surface area (Å²) in [6, 6.07) is 10.4. The Labute approximate surface area is 143 Å². The first-order valence-corrected chi connectivity index (χ1v) is 7.53. The molecule has 0 bridgehead atoms. The molecule has 0 N–H and O–H groups in total. The SMILES string of the molecule is CCc1ccc(C(=O)COC(=O)c2ccc([N+](=O)[O-])cc2Cl)cc1. The number of hydrogen-bond acceptors (Lipinski definition) is 5. The number of benzene rings is 2. The Morgan fingerprint density at radius 3 is 2.38 bits per heavy atom. The van der Waals surface area contributed by atoms with E-state index in [2.05, 4.69) is 0 Å². The summed E-state index contributed by atoms with van der Waals surface area (Å²) in [4.78, 5) is 34.0. The van der Waals surface area contributed by atoms with E-state index in [-0.39, 0.29) is 22.1 Å². The number of esters is 1. The number of hydrogen-bond donors (Lipinski definition) is 0. The first kappa shape index (κ1) is 17.6. The van der Waals surface area contributed by atoms with Gasteiger partial charge in [0.05, 0.1) is 15.5 Å². The van der Waals surface area contributed by atoms with E-state index >= 15 is 0 Å². The molecule has 2 aromatic rings. The average molecular weight is 348 g/mol. The van der Waals surface area contributed by atoms with Crippen LogP contribution in [0.4, 0.5) is 5.69 Å². The number of Topliss-reactive ketones (excluding diaryl/α,β-unsaturated/α-hetero) is 1. The molecule has 2 rings (SSSR count). The molecule has 124 valence electrons. The van der Waals surface area contributed by atoms with Crippen LogP contribution in [0.25, 0.3) is 0 Å². The van der Waals surface area contributed by atoms with Gasteiger partial charge in [0.25, 0.3) is 5.69 Å². The van der Waals surface area contributed by atoms with Crippen molar-refractivity contribution in [1.82, 2.24) is 0 Å². The zero-order chi connectivity index (χ0) is 17.7. The summed E-state index contributed by atoms with van der Waals surface area (Å²) in [6.07, 6.45) is 0.863. The highest BCUT2D eigenvalue weighted by molar-refractivity contribution is 6.33. The maximum Gasteiger partial charge on any atom is 0.340 e. The lowest BCUT2D eigenvalue weighted by molar-refractivity contribution is -0.384. The Balaban J connectivity index is 2.02. The van der Waals surface area contributed by atoms with Crippen molar-refractivity contribution in [3.63, 3.8) is 0 Å². The standard InChI is InChI=1S/C17H14ClNO5/c1-2-11-3-5-12(6-4-11)16(20)10-24-17(21)14-8-7-13(19(22)23)9-15(14)18/h3-9H,2,10H2,1H3. The van der Waals surface area contributed by atoms with E-state index in [0.717, 1.165) is 24.1 Å². The zero-order valence-corrected chi connectivity index (χ0v) is 13.6. The van der Waals surface area contributed by atoms with Crippen LogP contribution in [-0.4, -0.2) is 23.3 Å². The summed E-state index contributed by atoms with van der Waals surface area (Å²) < 4.78 is 4.94. The van der Waals surface area contributed by atoms with E-state index in [1.165, 1.54) is 6.07 Å². The number of halogens is 1. The van der Waals surface area contributed by atoms with E-state index in [0.29, 0.717) is 5.56 Å². The van der Waals surface area contributed by atoms with E-state index in [4.69, 9.17) is 16.3 Å². The van der Waals surface area contributed by atoms with Gasteiger partial charge in [-0.3, -0.25) is 14.9 Å². The van der Waals surface area contributed by atoms with Crippen molar-refractivity contribution < 1.29 is 19.2 Å². The molecule has 0 fully saturated rings. The molecule has 0 aliphatic heterocycles. The highest BCUT2D eigenvalue weighted by atomic mass is 35.5. The smallest absolute Gasteiger partial charge is 0.340 e. The molecule has 0 atom stereocenters. The fraction of sp³-hybridized carbons (Fsp3) is 0.176. The van der Waals surface area contributed by atoms with Crippen molar-refractivity contribution in [1.29, 1.82) is 0 Å². The van der Waals surface area contributed by atoms with Crippen LogP contribution in [0.15, 0.2) is 42.5 Å². The maximum absolute atomic E-state index is 12.0. The Hall–Kier alpha value is -2.73. The Kier molecular flexibility index (Phi) is 5.65. The van der Waals surface area contributed by atoms with Gasteiger partial charge in [-0.2, -0.15) is 0 Å². The van der Waals surface area contributed by atoms with Crippen LogP contribution in [0.1, 0.15) is 33.2 Å². The molecule has 24 heavy (non-hydrogen) atoms. The van der Waals surface area contributed by atoms with E-state index in [1.807, 2.05) is 19.1 Å². The maximum atomic E-state index is 12.0. The average Bonchev–Trinajstić information content (AvgIpc) is 2.59. The molecule has 0 heterocycles. The third kappa shape index (κ3) is 4.17. The lowest BCUT2D eigenvalue weighted by Gasteiger charge is -2.06. The molecule has 0 radical (unpaired) electrons. The van der Waals surface area contributed by atoms with Gasteiger partial charge in [0.15, 0.2) is 12.4 Å². The highest BCUT2D eigenvalue weighted by Crippen LogP contribution is 2.23. The lowest BCUT2D eigenvalue weighted by atomic mass is 10.1. The number of aryl methyl sites for hydroxylation is 1. The fourth-order valence-corrected chi connectivity index (χ4v) is 2.25. The molecule has 2 aromatic carbocycles. The molecule has 0 spiro atoms. The van der Waals surface area contributed by atoms with Crippen molar-refractivity contribution in [3.8, 4) is 0 Å². The van der Waals surface area contributed by atoms with Crippen molar-refractivity contribution >= 4 is 29.0 Å². The predicted molar refractivity (Wildman–Crippen MR) is 88.5 cm³/mol. The predicted octanol–water partition coefficient (Wildman–Crippen LogP) is 3.85. The normalized spacial score (nSPS) is 10.2. The second-order valence-electron chi connectivity index (χ2n) is 4.97. The molecule has 7 heteroatoms. The van der Waals surface area contributed by atoms with Crippen molar-refractivity contribution in [3.05, 3.63) is 74.3 Å². The van der Waals surface area contributed by atoms with Crippen LogP contribution in [0.3, 0.4) is 0 Å². The Morgan fingerprint density at radius 1 is 1.17 bits per heavy atom. The van der Waals surface area contributed by atoms with Gasteiger partial charge >= 0.3 is 5.97 Å². The summed E-state index contributed by atoms with van der Waals surface area (Å²) in [6.45, 7) is 1.57. The largest absolute Gasteiger partial charge is 0.454 e. The van der Waals surface area contributed by atoms with Crippen LogP contribution in [0.2, 0.25) is 5.02 Å². The van der Waals surface area contributed by atoms with E-state index in [9.17, 15) is 19.7 Å². The Bertz CT molecular complexity index is 786. The summed E-state index contributed by atoms with van der Waals surface area (Å²) in [5.41, 5.74) is 1.27. The second kappa shape index (κ2) is 7.70. The molecular weight excluding hydrogens is 334 g/mol. The minimum Gasteiger partial charge on any atom is -0.454 e. The van der Waals surface area contributed by atoms with Crippen molar-refractivity contribution in [2.24, 2.45) is 0 Å². The molecule has 0 amide bonds. The van der Waals surface area contributed by atoms with Crippen LogP contribution in [0.5, 0.6) is 0 Å². The molecule has 0 saturated carbocycles. The number of ketones is 1. The van der Waals surface area contributed by atoms with Gasteiger partial charge in [-0.1, -0.05) is 42.8 Å². The number of ether oxygens (including phenoxy) is 1. The van der Waals surface area contributed by atoms with Gasteiger partial charge in [-0.25, -0.2) is 4.79 Å². The first-order chi connectivity index (χ1) is 11.4. The minimum atomic E-state index is -0.812. The highest BCUT2D eigenvalue weighted by Gasteiger charge is 2.17. The van der Waals surface area contributed by atoms with Crippen molar-refractivity contribution in [2.45, 2.75) is 13.3 Å². The molecule has 0 saturated heterocycles. The van der Waals surface area contributed by atoms with Gasteiger partial charge in [-0.05, 0) is 18.1 Å². The first-order valence-electron chi connectivity index (χ1n) is 7.15. The topological polar surface area (TPSA) is 86.5 Å². The zero-order valence-electron chi connectivity index (χ0n) is 12.8. The number of nitrogens with zero attached hydrogens (tertiary/aromatic N) is 1. The molecule has 0 aromatic heterocycles. The molecule has 0 unspecified atom stereocenters. The van der Waals surface area contributed by atoms with Crippen molar-refractivity contribution in [2.75, 3.05) is 6.61 Å². The lowest BCUT2D eigenvalue weighted by Crippen LogP contribution is -2.14. The third-order valence-corrected chi connectivity index (χ3v) is 3.71. The van der Waals surface area contributed by atoms with E-state index in [1.54, 1.807) is 12.1 Å². The van der Waals surface area contributed by atoms with Gasteiger partial charge < -0.3 is 4.74 Å². The molecule has 6 nitrogen and oxygen atoms in total. The van der Waals surface area contributed by atoms with Gasteiger partial charge in [0, 0.05) is 17.7 Å². The number of nitro groups is 1.